The van der Waals surface area contributed by atoms with Gasteiger partial charge < -0.3 is 15.4 Å². The third-order valence-electron chi connectivity index (χ3n) is 3.84. The molecule has 2 N–H and O–H groups in total. The Morgan fingerprint density at radius 3 is 2.81 bits per heavy atom. The molecule has 1 aliphatic heterocycles. The van der Waals surface area contributed by atoms with Crippen LogP contribution < -0.4 is 5.73 Å². The van der Waals surface area contributed by atoms with Crippen LogP contribution in [0.25, 0.3) is 0 Å². The number of piperidine rings is 1. The molecular formula is C16H22N2O3. The van der Waals surface area contributed by atoms with Gasteiger partial charge in [-0.3, -0.25) is 4.79 Å². The molecule has 0 spiro atoms. The molecule has 0 bridgehead atoms. The van der Waals surface area contributed by atoms with Gasteiger partial charge in [0.05, 0.1) is 6.61 Å². The number of likely N-dealkylation sites (tertiary alicyclic amines) is 1. The van der Waals surface area contributed by atoms with Crippen LogP contribution in [0.5, 0.6) is 0 Å². The molecule has 1 aromatic rings. The van der Waals surface area contributed by atoms with Gasteiger partial charge in [0.1, 0.15) is 6.04 Å². The summed E-state index contributed by atoms with van der Waals surface area (Å²) in [6, 6.07) is 4.74. The summed E-state index contributed by atoms with van der Waals surface area (Å²) >= 11 is 0. The van der Waals surface area contributed by atoms with Crippen molar-refractivity contribution in [1.82, 2.24) is 4.90 Å². The molecule has 1 aliphatic rings. The van der Waals surface area contributed by atoms with E-state index in [0.717, 1.165) is 18.4 Å². The van der Waals surface area contributed by atoms with Crippen LogP contribution in [0.1, 0.15) is 42.1 Å². The first kappa shape index (κ1) is 15.4. The van der Waals surface area contributed by atoms with Gasteiger partial charge in [-0.25, -0.2) is 4.79 Å². The molecule has 114 valence electrons. The number of nitrogens with zero attached hydrogens (tertiary/aromatic N) is 1. The van der Waals surface area contributed by atoms with Gasteiger partial charge in [-0.05, 0) is 56.9 Å². The molecule has 0 aromatic heterocycles. The maximum Gasteiger partial charge on any atom is 0.328 e. The minimum atomic E-state index is -0.468. The summed E-state index contributed by atoms with van der Waals surface area (Å²) in [5.41, 5.74) is 7.88. The second kappa shape index (κ2) is 6.61. The number of carbonyl (C=O) groups is 2. The Balaban J connectivity index is 2.21. The number of hydrogen-bond acceptors (Lipinski definition) is 4. The summed E-state index contributed by atoms with van der Waals surface area (Å²) in [6.07, 6.45) is 2.52. The van der Waals surface area contributed by atoms with Gasteiger partial charge >= 0.3 is 5.97 Å². The quantitative estimate of drug-likeness (QED) is 0.683. The van der Waals surface area contributed by atoms with Gasteiger partial charge in [0, 0.05) is 17.8 Å². The fourth-order valence-corrected chi connectivity index (χ4v) is 2.63. The van der Waals surface area contributed by atoms with Crippen molar-refractivity contribution >= 4 is 17.6 Å². The van der Waals surface area contributed by atoms with Crippen LogP contribution in [0, 0.1) is 6.92 Å². The average Bonchev–Trinajstić information content (AvgIpc) is 2.49. The summed E-state index contributed by atoms with van der Waals surface area (Å²) in [5, 5.41) is 0. The highest BCUT2D eigenvalue weighted by Crippen LogP contribution is 2.22. The van der Waals surface area contributed by atoms with Crippen molar-refractivity contribution in [1.29, 1.82) is 0 Å². The van der Waals surface area contributed by atoms with Gasteiger partial charge in [0.2, 0.25) is 0 Å². The fraction of sp³-hybridized carbons (Fsp3) is 0.500. The number of nitrogens with two attached hydrogens (primary N) is 1. The molecule has 1 saturated heterocycles. The summed E-state index contributed by atoms with van der Waals surface area (Å²) in [5.74, 6) is -0.437. The average molecular weight is 290 g/mol. The Bertz CT molecular complexity index is 542. The van der Waals surface area contributed by atoms with Crippen LogP contribution in [-0.2, 0) is 9.53 Å². The van der Waals surface area contributed by atoms with Crippen molar-refractivity contribution in [2.45, 2.75) is 39.2 Å². The molecule has 1 amide bonds. The number of amides is 1. The van der Waals surface area contributed by atoms with E-state index in [1.807, 2.05) is 6.92 Å². The van der Waals surface area contributed by atoms with Gasteiger partial charge in [-0.15, -0.1) is 0 Å². The molecule has 0 radical (unpaired) electrons. The minimum absolute atomic E-state index is 0.129. The maximum atomic E-state index is 12.7. The third kappa shape index (κ3) is 3.35. The molecule has 0 aliphatic carbocycles. The van der Waals surface area contributed by atoms with Crippen LogP contribution in [0.4, 0.5) is 5.69 Å². The number of carbonyl (C=O) groups excluding carboxylic acids is 2. The van der Waals surface area contributed by atoms with Gasteiger partial charge in [-0.1, -0.05) is 0 Å². The van der Waals surface area contributed by atoms with Gasteiger partial charge in [0.25, 0.3) is 5.91 Å². The van der Waals surface area contributed by atoms with Gasteiger partial charge in [0.15, 0.2) is 0 Å². The first-order valence-corrected chi connectivity index (χ1v) is 7.38. The predicted octanol–water partition coefficient (Wildman–Crippen LogP) is 2.14. The lowest BCUT2D eigenvalue weighted by atomic mass is 10.00. The number of aryl methyl sites for hydroxylation is 1. The first-order chi connectivity index (χ1) is 10.0. The molecule has 1 heterocycles. The zero-order chi connectivity index (χ0) is 15.4. The van der Waals surface area contributed by atoms with Crippen molar-refractivity contribution in [3.8, 4) is 0 Å². The highest BCUT2D eigenvalue weighted by molar-refractivity contribution is 5.97. The van der Waals surface area contributed by atoms with Crippen molar-refractivity contribution < 1.29 is 14.3 Å². The number of benzene rings is 1. The Labute approximate surface area is 125 Å². The Morgan fingerprint density at radius 2 is 2.14 bits per heavy atom. The molecule has 1 fully saturated rings. The van der Waals surface area contributed by atoms with Crippen molar-refractivity contribution in [2.24, 2.45) is 0 Å². The number of hydrogen-bond donors (Lipinski definition) is 1. The first-order valence-electron chi connectivity index (χ1n) is 7.38. The SMILES string of the molecule is CCOC(=O)C1CCCCN1C(=O)c1ccc(N)c(C)c1. The van der Waals surface area contributed by atoms with E-state index in [9.17, 15) is 9.59 Å². The van der Waals surface area contributed by atoms with Crippen LogP contribution in [-0.4, -0.2) is 36.0 Å². The van der Waals surface area contributed by atoms with E-state index in [0.29, 0.717) is 30.8 Å². The second-order valence-corrected chi connectivity index (χ2v) is 5.33. The summed E-state index contributed by atoms with van der Waals surface area (Å²) in [7, 11) is 0. The van der Waals surface area contributed by atoms with Crippen molar-refractivity contribution in [2.75, 3.05) is 18.9 Å². The number of nitrogen functional groups attached to an aromatic ring is 1. The van der Waals surface area contributed by atoms with E-state index < -0.39 is 6.04 Å². The normalized spacial score (nSPS) is 18.4. The number of esters is 1. The van der Waals surface area contributed by atoms with Crippen LogP contribution in [0.3, 0.4) is 0 Å². The zero-order valence-corrected chi connectivity index (χ0v) is 12.6. The molecule has 5 nitrogen and oxygen atoms in total. The number of ether oxygens (including phenoxy) is 1. The smallest absolute Gasteiger partial charge is 0.328 e. The monoisotopic (exact) mass is 290 g/mol. The largest absolute Gasteiger partial charge is 0.464 e. The van der Waals surface area contributed by atoms with E-state index in [1.165, 1.54) is 0 Å². The summed E-state index contributed by atoms with van der Waals surface area (Å²) < 4.78 is 5.09. The molecule has 21 heavy (non-hydrogen) atoms. The lowest BCUT2D eigenvalue weighted by Crippen LogP contribution is -2.48. The Morgan fingerprint density at radius 1 is 1.38 bits per heavy atom. The lowest BCUT2D eigenvalue weighted by Gasteiger charge is -2.34. The second-order valence-electron chi connectivity index (χ2n) is 5.33. The van der Waals surface area contributed by atoms with E-state index in [2.05, 4.69) is 0 Å². The van der Waals surface area contributed by atoms with E-state index >= 15 is 0 Å². The molecule has 1 atom stereocenters. The van der Waals surface area contributed by atoms with Crippen molar-refractivity contribution in [3.05, 3.63) is 29.3 Å². The highest BCUT2D eigenvalue weighted by atomic mass is 16.5. The van der Waals surface area contributed by atoms with Gasteiger partial charge in [-0.2, -0.15) is 0 Å². The number of rotatable bonds is 3. The van der Waals surface area contributed by atoms with Crippen LogP contribution in [0.15, 0.2) is 18.2 Å². The van der Waals surface area contributed by atoms with E-state index in [4.69, 9.17) is 10.5 Å². The fourth-order valence-electron chi connectivity index (χ4n) is 2.63. The lowest BCUT2D eigenvalue weighted by molar-refractivity contribution is -0.149. The molecule has 0 saturated carbocycles. The molecule has 1 unspecified atom stereocenters. The Hall–Kier alpha value is -2.04. The minimum Gasteiger partial charge on any atom is -0.464 e. The standard InChI is InChI=1S/C16H22N2O3/c1-3-21-16(20)14-6-4-5-9-18(14)15(19)12-7-8-13(17)11(2)10-12/h7-8,10,14H,3-6,9,17H2,1-2H3. The van der Waals surface area contributed by atoms with E-state index in [1.54, 1.807) is 30.0 Å². The van der Waals surface area contributed by atoms with Crippen molar-refractivity contribution in [3.63, 3.8) is 0 Å². The van der Waals surface area contributed by atoms with Crippen LogP contribution in [0.2, 0.25) is 0 Å². The highest BCUT2D eigenvalue weighted by Gasteiger charge is 2.33. The molecular weight excluding hydrogens is 268 g/mol. The summed E-state index contributed by atoms with van der Waals surface area (Å²) in [4.78, 5) is 26.3. The number of anilines is 1. The van der Waals surface area contributed by atoms with E-state index in [-0.39, 0.29) is 11.9 Å². The maximum absolute atomic E-state index is 12.7. The summed E-state index contributed by atoms with van der Waals surface area (Å²) in [6.45, 7) is 4.56. The molecule has 2 rings (SSSR count). The Kier molecular flexibility index (Phi) is 4.83. The zero-order valence-electron chi connectivity index (χ0n) is 12.6. The third-order valence-corrected chi connectivity index (χ3v) is 3.84. The molecule has 5 heteroatoms. The predicted molar refractivity (Wildman–Crippen MR) is 80.9 cm³/mol. The van der Waals surface area contributed by atoms with Crippen LogP contribution >= 0.6 is 0 Å². The molecule has 1 aromatic carbocycles. The topological polar surface area (TPSA) is 72.6 Å².